The third kappa shape index (κ3) is 4.77. The van der Waals surface area contributed by atoms with Gasteiger partial charge < -0.3 is 9.30 Å². The van der Waals surface area contributed by atoms with E-state index in [1.807, 2.05) is 25.5 Å². The van der Waals surface area contributed by atoms with E-state index in [1.54, 1.807) is 37.3 Å². The number of aromatic nitrogens is 1. The van der Waals surface area contributed by atoms with Crippen molar-refractivity contribution in [1.82, 2.24) is 4.57 Å². The van der Waals surface area contributed by atoms with Gasteiger partial charge in [-0.05, 0) is 38.5 Å². The Hall–Kier alpha value is -2.61. The van der Waals surface area contributed by atoms with Crippen LogP contribution in [0.25, 0.3) is 0 Å². The van der Waals surface area contributed by atoms with Crippen molar-refractivity contribution >= 4 is 27.5 Å². The zero-order chi connectivity index (χ0) is 20.4. The number of Topliss-reactive ketones (excluding diaryl/α,β-unsaturated/α-hetero) is 1. The predicted molar refractivity (Wildman–Crippen MR) is 104 cm³/mol. The first-order chi connectivity index (χ1) is 12.5. The quantitative estimate of drug-likeness (QED) is 0.532. The van der Waals surface area contributed by atoms with Gasteiger partial charge in [-0.25, -0.2) is 8.42 Å². The highest BCUT2D eigenvalue weighted by Crippen LogP contribution is 2.22. The van der Waals surface area contributed by atoms with Gasteiger partial charge in [0.1, 0.15) is 6.54 Å². The molecule has 8 heteroatoms. The summed E-state index contributed by atoms with van der Waals surface area (Å²) in [5.41, 5.74) is 3.30. The molecule has 146 valence electrons. The number of hydrogen-bond donors (Lipinski definition) is 0. The van der Waals surface area contributed by atoms with E-state index >= 15 is 0 Å². The van der Waals surface area contributed by atoms with Gasteiger partial charge in [0.15, 0.2) is 6.61 Å². The molecule has 1 heterocycles. The number of ketones is 1. The average Bonchev–Trinajstić information content (AvgIpc) is 2.85. The molecule has 0 saturated carbocycles. The lowest BCUT2D eigenvalue weighted by Crippen LogP contribution is -2.36. The molecule has 1 aromatic carbocycles. The molecule has 0 N–H and O–H groups in total. The van der Waals surface area contributed by atoms with Gasteiger partial charge in [0.05, 0.1) is 11.9 Å². The summed E-state index contributed by atoms with van der Waals surface area (Å²) < 4.78 is 32.1. The standard InChI is InChI=1S/C19H24N2O5S/c1-13-8-6-7-9-17(13)21(27(5,24)25)11-19(23)26-12-18(22)16-10-14(2)20(4)15(16)3/h6-10H,11-12H2,1-5H3. The van der Waals surface area contributed by atoms with Crippen LogP contribution >= 0.6 is 0 Å². The van der Waals surface area contributed by atoms with Gasteiger partial charge >= 0.3 is 5.97 Å². The molecule has 0 aliphatic heterocycles. The molecule has 7 nitrogen and oxygen atoms in total. The van der Waals surface area contributed by atoms with Gasteiger partial charge in [0, 0.05) is 24.0 Å². The highest BCUT2D eigenvalue weighted by atomic mass is 32.2. The number of anilines is 1. The van der Waals surface area contributed by atoms with E-state index < -0.39 is 29.1 Å². The van der Waals surface area contributed by atoms with E-state index in [0.29, 0.717) is 16.8 Å². The first kappa shape index (κ1) is 20.7. The molecule has 0 atom stereocenters. The zero-order valence-corrected chi connectivity index (χ0v) is 17.0. The van der Waals surface area contributed by atoms with Crippen LogP contribution in [0.3, 0.4) is 0 Å². The topological polar surface area (TPSA) is 85.7 Å². The first-order valence-corrected chi connectivity index (χ1v) is 10.2. The van der Waals surface area contributed by atoms with Gasteiger partial charge in [-0.3, -0.25) is 13.9 Å². The lowest BCUT2D eigenvalue weighted by Gasteiger charge is -2.23. The predicted octanol–water partition coefficient (Wildman–Crippen LogP) is 2.14. The van der Waals surface area contributed by atoms with Gasteiger partial charge in [-0.15, -0.1) is 0 Å². The van der Waals surface area contributed by atoms with Gasteiger partial charge in [0.25, 0.3) is 0 Å². The summed E-state index contributed by atoms with van der Waals surface area (Å²) in [4.78, 5) is 24.5. The molecule has 0 bridgehead atoms. The summed E-state index contributed by atoms with van der Waals surface area (Å²) in [6, 6.07) is 8.58. The SMILES string of the molecule is Cc1ccccc1N(CC(=O)OCC(=O)c1cc(C)n(C)c1C)S(C)(=O)=O. The van der Waals surface area contributed by atoms with Crippen molar-refractivity contribution in [2.75, 3.05) is 23.7 Å². The van der Waals surface area contributed by atoms with Crippen molar-refractivity contribution in [3.63, 3.8) is 0 Å². The van der Waals surface area contributed by atoms with E-state index in [0.717, 1.165) is 21.9 Å². The van der Waals surface area contributed by atoms with Crippen LogP contribution in [0.5, 0.6) is 0 Å². The highest BCUT2D eigenvalue weighted by molar-refractivity contribution is 7.92. The minimum atomic E-state index is -3.69. The van der Waals surface area contributed by atoms with Gasteiger partial charge in [-0.2, -0.15) is 0 Å². The lowest BCUT2D eigenvalue weighted by molar-refractivity contribution is -0.140. The van der Waals surface area contributed by atoms with Crippen molar-refractivity contribution in [2.24, 2.45) is 7.05 Å². The van der Waals surface area contributed by atoms with Crippen LogP contribution in [0.1, 0.15) is 27.3 Å². The number of ether oxygens (including phenoxy) is 1. The van der Waals surface area contributed by atoms with Crippen molar-refractivity contribution < 1.29 is 22.7 Å². The van der Waals surface area contributed by atoms with Crippen LogP contribution < -0.4 is 4.31 Å². The van der Waals surface area contributed by atoms with Crippen LogP contribution in [0.15, 0.2) is 30.3 Å². The molecule has 0 spiro atoms. The molecule has 0 amide bonds. The number of benzene rings is 1. The number of carbonyl (C=O) groups is 2. The number of rotatable bonds is 7. The van der Waals surface area contributed by atoms with Crippen molar-refractivity contribution in [1.29, 1.82) is 0 Å². The van der Waals surface area contributed by atoms with E-state index in [4.69, 9.17) is 4.74 Å². The maximum atomic E-state index is 12.3. The van der Waals surface area contributed by atoms with Crippen LogP contribution in [0.4, 0.5) is 5.69 Å². The van der Waals surface area contributed by atoms with Crippen LogP contribution in [-0.2, 0) is 26.6 Å². The Morgan fingerprint density at radius 2 is 1.78 bits per heavy atom. The summed E-state index contributed by atoms with van der Waals surface area (Å²) in [5.74, 6) is -1.12. The summed E-state index contributed by atoms with van der Waals surface area (Å²) in [5, 5.41) is 0. The number of nitrogens with zero attached hydrogens (tertiary/aromatic N) is 2. The van der Waals surface area contributed by atoms with Crippen LogP contribution in [-0.4, -0.2) is 44.1 Å². The lowest BCUT2D eigenvalue weighted by atomic mass is 10.1. The van der Waals surface area contributed by atoms with Gasteiger partial charge in [0.2, 0.25) is 15.8 Å². The Bertz CT molecular complexity index is 976. The van der Waals surface area contributed by atoms with Gasteiger partial charge in [-0.1, -0.05) is 18.2 Å². The number of hydrogen-bond acceptors (Lipinski definition) is 5. The Labute approximate surface area is 159 Å². The van der Waals surface area contributed by atoms with Crippen molar-refractivity contribution in [3.8, 4) is 0 Å². The summed E-state index contributed by atoms with van der Waals surface area (Å²) in [6.07, 6.45) is 1.02. The molecule has 0 radical (unpaired) electrons. The number of carbonyl (C=O) groups excluding carboxylic acids is 2. The fourth-order valence-electron chi connectivity index (χ4n) is 2.75. The second kappa shape index (κ2) is 7.96. The third-order valence-corrected chi connectivity index (χ3v) is 5.62. The molecule has 2 rings (SSSR count). The number of para-hydroxylation sites is 1. The summed E-state index contributed by atoms with van der Waals surface area (Å²) in [6.45, 7) is 4.51. The minimum absolute atomic E-state index is 0.327. The Balaban J connectivity index is 2.09. The molecule has 0 saturated heterocycles. The zero-order valence-electron chi connectivity index (χ0n) is 16.1. The second-order valence-electron chi connectivity index (χ2n) is 6.48. The molecule has 2 aromatic rings. The van der Waals surface area contributed by atoms with E-state index in [2.05, 4.69) is 0 Å². The fourth-order valence-corrected chi connectivity index (χ4v) is 3.65. The van der Waals surface area contributed by atoms with E-state index in [1.165, 1.54) is 0 Å². The molecule has 27 heavy (non-hydrogen) atoms. The molecule has 1 aromatic heterocycles. The smallest absolute Gasteiger partial charge is 0.327 e. The largest absolute Gasteiger partial charge is 0.456 e. The number of aryl methyl sites for hydroxylation is 2. The van der Waals surface area contributed by atoms with E-state index in [9.17, 15) is 18.0 Å². The molecule has 0 fully saturated rings. The third-order valence-electron chi connectivity index (χ3n) is 4.50. The molecular weight excluding hydrogens is 368 g/mol. The molecule has 0 aliphatic carbocycles. The number of esters is 1. The van der Waals surface area contributed by atoms with Crippen molar-refractivity contribution in [3.05, 3.63) is 52.8 Å². The molecular formula is C19H24N2O5S. The van der Waals surface area contributed by atoms with E-state index in [-0.39, 0.29) is 5.78 Å². The first-order valence-electron chi connectivity index (χ1n) is 8.37. The highest BCUT2D eigenvalue weighted by Gasteiger charge is 2.24. The second-order valence-corrected chi connectivity index (χ2v) is 8.39. The number of sulfonamides is 1. The summed E-state index contributed by atoms with van der Waals surface area (Å²) in [7, 11) is -1.84. The Kier molecular flexibility index (Phi) is 6.10. The van der Waals surface area contributed by atoms with Crippen LogP contribution in [0, 0.1) is 20.8 Å². The monoisotopic (exact) mass is 392 g/mol. The fraction of sp³-hybridized carbons (Fsp3) is 0.368. The van der Waals surface area contributed by atoms with Crippen LogP contribution in [0.2, 0.25) is 0 Å². The normalized spacial score (nSPS) is 11.3. The molecule has 0 aliphatic rings. The maximum Gasteiger partial charge on any atom is 0.327 e. The average molecular weight is 392 g/mol. The maximum absolute atomic E-state index is 12.3. The Morgan fingerprint density at radius 1 is 1.15 bits per heavy atom. The minimum Gasteiger partial charge on any atom is -0.456 e. The summed E-state index contributed by atoms with van der Waals surface area (Å²) >= 11 is 0. The van der Waals surface area contributed by atoms with Crippen molar-refractivity contribution in [2.45, 2.75) is 20.8 Å². The Morgan fingerprint density at radius 3 is 2.30 bits per heavy atom. The molecule has 0 unspecified atom stereocenters.